The van der Waals surface area contributed by atoms with Gasteiger partial charge in [-0.2, -0.15) is 4.98 Å². The fraction of sp³-hybridized carbons (Fsp3) is 0.389. The fourth-order valence-corrected chi connectivity index (χ4v) is 3.41. The summed E-state index contributed by atoms with van der Waals surface area (Å²) in [5.74, 6) is 1.78. The number of benzene rings is 1. The number of aryl methyl sites for hydroxylation is 2. The van der Waals surface area contributed by atoms with Crippen molar-refractivity contribution in [2.24, 2.45) is 0 Å². The normalized spacial score (nSPS) is 15.7. The van der Waals surface area contributed by atoms with Crippen molar-refractivity contribution >= 4 is 22.8 Å². The molecule has 0 unspecified atom stereocenters. The predicted octanol–water partition coefficient (Wildman–Crippen LogP) is 1.17. The van der Waals surface area contributed by atoms with E-state index in [4.69, 9.17) is 10.7 Å². The summed E-state index contributed by atoms with van der Waals surface area (Å²) in [6.07, 6.45) is 0. The number of rotatable bonds is 3. The van der Waals surface area contributed by atoms with Crippen LogP contribution in [0, 0.1) is 13.8 Å². The van der Waals surface area contributed by atoms with Gasteiger partial charge in [0.25, 0.3) is 5.56 Å². The SMILES string of the molecule is Cc1ccc2[nH]c(CN3CCN(c4cc(=O)[nH]c(N)n4)CC3)nc2c1C. The highest BCUT2D eigenvalue weighted by Gasteiger charge is 2.20. The average molecular weight is 353 g/mol. The first-order valence-electron chi connectivity index (χ1n) is 8.78. The van der Waals surface area contributed by atoms with Crippen LogP contribution in [0.15, 0.2) is 23.0 Å². The molecule has 8 heteroatoms. The van der Waals surface area contributed by atoms with Crippen molar-refractivity contribution in [3.8, 4) is 0 Å². The van der Waals surface area contributed by atoms with Gasteiger partial charge in [-0.05, 0) is 31.0 Å². The van der Waals surface area contributed by atoms with Gasteiger partial charge in [0.05, 0.1) is 17.6 Å². The molecule has 0 amide bonds. The van der Waals surface area contributed by atoms with Crippen LogP contribution in [0.2, 0.25) is 0 Å². The molecule has 8 nitrogen and oxygen atoms in total. The minimum absolute atomic E-state index is 0.155. The molecule has 0 atom stereocenters. The number of hydrogen-bond donors (Lipinski definition) is 3. The monoisotopic (exact) mass is 353 g/mol. The van der Waals surface area contributed by atoms with Crippen LogP contribution in [-0.4, -0.2) is 51.0 Å². The van der Waals surface area contributed by atoms with E-state index in [2.05, 4.69) is 50.7 Å². The van der Waals surface area contributed by atoms with Crippen LogP contribution in [-0.2, 0) is 6.54 Å². The number of anilines is 2. The number of imidazole rings is 1. The number of nitrogens with zero attached hydrogens (tertiary/aromatic N) is 4. The van der Waals surface area contributed by atoms with Gasteiger partial charge in [-0.25, -0.2) is 4.98 Å². The van der Waals surface area contributed by atoms with Crippen LogP contribution in [0.25, 0.3) is 11.0 Å². The van der Waals surface area contributed by atoms with Crippen molar-refractivity contribution in [1.82, 2.24) is 24.8 Å². The molecule has 4 N–H and O–H groups in total. The predicted molar refractivity (Wildman–Crippen MR) is 102 cm³/mol. The lowest BCUT2D eigenvalue weighted by Crippen LogP contribution is -2.46. The van der Waals surface area contributed by atoms with E-state index >= 15 is 0 Å². The first-order chi connectivity index (χ1) is 12.5. The Morgan fingerprint density at radius 2 is 1.88 bits per heavy atom. The van der Waals surface area contributed by atoms with E-state index in [0.29, 0.717) is 5.82 Å². The molecule has 1 saturated heterocycles. The van der Waals surface area contributed by atoms with Crippen molar-refractivity contribution < 1.29 is 0 Å². The summed E-state index contributed by atoms with van der Waals surface area (Å²) in [5.41, 5.74) is 10.1. The number of nitrogen functional groups attached to an aromatic ring is 1. The van der Waals surface area contributed by atoms with E-state index in [9.17, 15) is 4.79 Å². The molecule has 0 radical (unpaired) electrons. The Hall–Kier alpha value is -2.87. The number of H-pyrrole nitrogens is 2. The molecular formula is C18H23N7O. The quantitative estimate of drug-likeness (QED) is 0.652. The molecule has 1 aliphatic heterocycles. The van der Waals surface area contributed by atoms with Crippen molar-refractivity contribution in [3.05, 3.63) is 45.5 Å². The second kappa shape index (κ2) is 6.45. The molecule has 1 aromatic carbocycles. The van der Waals surface area contributed by atoms with Gasteiger partial charge in [-0.1, -0.05) is 6.07 Å². The van der Waals surface area contributed by atoms with Crippen LogP contribution in [0.5, 0.6) is 0 Å². The highest BCUT2D eigenvalue weighted by atomic mass is 16.1. The largest absolute Gasteiger partial charge is 0.369 e. The maximum Gasteiger partial charge on any atom is 0.254 e. The van der Waals surface area contributed by atoms with E-state index in [1.165, 1.54) is 17.2 Å². The van der Waals surface area contributed by atoms with E-state index < -0.39 is 0 Å². The van der Waals surface area contributed by atoms with Crippen molar-refractivity contribution in [2.45, 2.75) is 20.4 Å². The second-order valence-electron chi connectivity index (χ2n) is 6.84. The number of piperazine rings is 1. The highest BCUT2D eigenvalue weighted by molar-refractivity contribution is 5.79. The number of aromatic nitrogens is 4. The van der Waals surface area contributed by atoms with Crippen LogP contribution in [0.4, 0.5) is 11.8 Å². The number of nitrogens with one attached hydrogen (secondary N) is 2. The lowest BCUT2D eigenvalue weighted by atomic mass is 10.1. The standard InChI is InChI=1S/C18H23N7O/c1-11-3-4-13-17(12(11)2)21-14(20-13)10-24-5-7-25(8-6-24)15-9-16(26)23-18(19)22-15/h3-4,9H,5-8,10H2,1-2H3,(H,20,21)(H3,19,22,23,26). The molecule has 3 heterocycles. The molecule has 1 fully saturated rings. The van der Waals surface area contributed by atoms with Crippen LogP contribution in [0.3, 0.4) is 0 Å². The molecule has 0 aliphatic carbocycles. The number of hydrogen-bond acceptors (Lipinski definition) is 6. The zero-order valence-electron chi connectivity index (χ0n) is 15.0. The van der Waals surface area contributed by atoms with E-state index in [-0.39, 0.29) is 11.5 Å². The van der Waals surface area contributed by atoms with Crippen molar-refractivity contribution in [2.75, 3.05) is 36.8 Å². The Kier molecular flexibility index (Phi) is 4.12. The molecule has 136 valence electrons. The summed E-state index contributed by atoms with van der Waals surface area (Å²) in [7, 11) is 0. The molecule has 26 heavy (non-hydrogen) atoms. The maximum absolute atomic E-state index is 11.6. The van der Waals surface area contributed by atoms with Gasteiger partial charge >= 0.3 is 0 Å². The average Bonchev–Trinajstić information content (AvgIpc) is 3.01. The van der Waals surface area contributed by atoms with Gasteiger partial charge in [0, 0.05) is 32.2 Å². The zero-order valence-corrected chi connectivity index (χ0v) is 15.0. The first kappa shape index (κ1) is 16.6. The Morgan fingerprint density at radius 1 is 1.12 bits per heavy atom. The molecule has 2 aromatic heterocycles. The summed E-state index contributed by atoms with van der Waals surface area (Å²) in [6.45, 7) is 8.36. The molecule has 1 aliphatic rings. The summed E-state index contributed by atoms with van der Waals surface area (Å²) in [6, 6.07) is 5.71. The molecule has 4 rings (SSSR count). The van der Waals surface area contributed by atoms with E-state index in [1.807, 2.05) is 0 Å². The number of fused-ring (bicyclic) bond motifs is 1. The number of aromatic amines is 2. The third-order valence-corrected chi connectivity index (χ3v) is 5.04. The zero-order chi connectivity index (χ0) is 18.3. The van der Waals surface area contributed by atoms with Crippen LogP contribution >= 0.6 is 0 Å². The Bertz CT molecular complexity index is 998. The minimum atomic E-state index is -0.220. The van der Waals surface area contributed by atoms with E-state index in [0.717, 1.165) is 49.6 Å². The molecule has 0 bridgehead atoms. The summed E-state index contributed by atoms with van der Waals surface area (Å²) in [4.78, 5) is 30.9. The third-order valence-electron chi connectivity index (χ3n) is 5.04. The summed E-state index contributed by atoms with van der Waals surface area (Å²) >= 11 is 0. The number of nitrogens with two attached hydrogens (primary N) is 1. The van der Waals surface area contributed by atoms with Gasteiger partial charge in [0.15, 0.2) is 0 Å². The minimum Gasteiger partial charge on any atom is -0.369 e. The van der Waals surface area contributed by atoms with Crippen LogP contribution < -0.4 is 16.2 Å². The van der Waals surface area contributed by atoms with E-state index in [1.54, 1.807) is 0 Å². The Balaban J connectivity index is 1.44. The molecule has 0 spiro atoms. The molecule has 3 aromatic rings. The fourth-order valence-electron chi connectivity index (χ4n) is 3.41. The maximum atomic E-state index is 11.6. The van der Waals surface area contributed by atoms with Crippen LogP contribution in [0.1, 0.15) is 17.0 Å². The molecular weight excluding hydrogens is 330 g/mol. The Labute approximate surface area is 151 Å². The van der Waals surface area contributed by atoms with Gasteiger partial charge < -0.3 is 15.6 Å². The van der Waals surface area contributed by atoms with Gasteiger partial charge in [0.2, 0.25) is 5.95 Å². The topological polar surface area (TPSA) is 107 Å². The van der Waals surface area contributed by atoms with Gasteiger partial charge in [0.1, 0.15) is 11.6 Å². The lowest BCUT2D eigenvalue weighted by Gasteiger charge is -2.34. The second-order valence-corrected chi connectivity index (χ2v) is 6.84. The van der Waals surface area contributed by atoms with Crippen molar-refractivity contribution in [1.29, 1.82) is 0 Å². The van der Waals surface area contributed by atoms with Crippen molar-refractivity contribution in [3.63, 3.8) is 0 Å². The third kappa shape index (κ3) is 3.15. The van der Waals surface area contributed by atoms with Gasteiger partial charge in [-0.3, -0.25) is 14.7 Å². The first-order valence-corrected chi connectivity index (χ1v) is 8.78. The smallest absolute Gasteiger partial charge is 0.254 e. The lowest BCUT2D eigenvalue weighted by molar-refractivity contribution is 0.244. The highest BCUT2D eigenvalue weighted by Crippen LogP contribution is 2.20. The van der Waals surface area contributed by atoms with Gasteiger partial charge in [-0.15, -0.1) is 0 Å². The summed E-state index contributed by atoms with van der Waals surface area (Å²) in [5, 5.41) is 0. The summed E-state index contributed by atoms with van der Waals surface area (Å²) < 4.78 is 0. The Morgan fingerprint density at radius 3 is 2.62 bits per heavy atom. The molecule has 0 saturated carbocycles.